The summed E-state index contributed by atoms with van der Waals surface area (Å²) in [5, 5.41) is 2.97. The van der Waals surface area contributed by atoms with Crippen molar-refractivity contribution in [3.8, 4) is 0 Å². The molecule has 0 bridgehead atoms. The number of rotatable bonds is 0. The lowest BCUT2D eigenvalue weighted by Gasteiger charge is -1.85. The minimum atomic E-state index is 0.208. The molecule has 1 N–H and O–H groups in total. The van der Waals surface area contributed by atoms with Crippen LogP contribution in [-0.4, -0.2) is 19.2 Å². The highest BCUT2D eigenvalue weighted by molar-refractivity contribution is 5.74. The number of nitrogens with zero attached hydrogens (tertiary/aromatic N) is 2. The smallest absolute Gasteiger partial charge is 0.330 e. The maximum absolute atomic E-state index is 6.37. The van der Waals surface area contributed by atoms with E-state index in [1.807, 2.05) is 0 Å². The minimum absolute atomic E-state index is 0.208. The molecule has 0 atom stereocenters. The Morgan fingerprint density at radius 3 is 3.00 bits per heavy atom. The second kappa shape index (κ2) is 1.68. The Morgan fingerprint density at radius 2 is 2.71 bits per heavy atom. The zero-order valence-corrected chi connectivity index (χ0v) is 3.72. The van der Waals surface area contributed by atoms with Gasteiger partial charge in [0.15, 0.2) is 0 Å². The van der Waals surface area contributed by atoms with Crippen molar-refractivity contribution in [3.63, 3.8) is 0 Å². The Labute approximate surface area is 40.7 Å². The van der Waals surface area contributed by atoms with Crippen molar-refractivity contribution in [3.05, 3.63) is 0 Å². The van der Waals surface area contributed by atoms with Crippen molar-refractivity contribution in [2.45, 2.75) is 0 Å². The van der Waals surface area contributed by atoms with E-state index in [1.165, 1.54) is 0 Å². The van der Waals surface area contributed by atoms with Gasteiger partial charge < -0.3 is 4.74 Å². The van der Waals surface area contributed by atoms with Crippen LogP contribution in [0.15, 0.2) is 10.1 Å². The first-order chi connectivity index (χ1) is 3.43. The Bertz CT molecular complexity index is 109. The Kier molecular flexibility index (Phi) is 1.02. The average molecular weight is 99.1 g/mol. The quantitative estimate of drug-likeness (QED) is 0.439. The van der Waals surface area contributed by atoms with E-state index >= 15 is 0 Å². The highest BCUT2D eigenvalue weighted by atomic mass is 16.5. The maximum atomic E-state index is 6.37. The van der Waals surface area contributed by atoms with Gasteiger partial charge in [0.05, 0.1) is 6.54 Å². The molecule has 0 unspecified atom stereocenters. The third-order valence-electron chi connectivity index (χ3n) is 0.665. The molecule has 1 aliphatic rings. The molecule has 0 fully saturated rings. The molecule has 1 aliphatic heterocycles. The number of aliphatic imine (C=N–C) groups is 1. The summed E-state index contributed by atoms with van der Waals surface area (Å²) in [6.45, 7) is 1.23. The van der Waals surface area contributed by atoms with Gasteiger partial charge >= 0.3 is 6.02 Å². The fourth-order valence-electron chi connectivity index (χ4n) is 0.391. The highest BCUT2D eigenvalue weighted by Gasteiger charge is 2.02. The predicted octanol–water partition coefficient (Wildman–Crippen LogP) is 0.404. The van der Waals surface area contributed by atoms with Gasteiger partial charge in [0.2, 0.25) is 0 Å². The lowest BCUT2D eigenvalue weighted by molar-refractivity contribution is 0.340. The van der Waals surface area contributed by atoms with Crippen LogP contribution in [0.2, 0.25) is 0 Å². The second-order valence-corrected chi connectivity index (χ2v) is 1.12. The summed E-state index contributed by atoms with van der Waals surface area (Å²) in [5.74, 6) is 0. The van der Waals surface area contributed by atoms with E-state index in [2.05, 4.69) is 10.1 Å². The molecule has 4 nitrogen and oxygen atoms in total. The lowest BCUT2D eigenvalue weighted by atomic mass is 10.8. The van der Waals surface area contributed by atoms with E-state index in [0.29, 0.717) is 13.2 Å². The molecule has 0 aliphatic carbocycles. The van der Waals surface area contributed by atoms with Crippen molar-refractivity contribution in [2.75, 3.05) is 13.2 Å². The fraction of sp³-hybridized carbons (Fsp3) is 0.667. The summed E-state index contributed by atoms with van der Waals surface area (Å²) in [5.41, 5.74) is 6.37. The average Bonchev–Trinajstić information content (AvgIpc) is 2.14. The van der Waals surface area contributed by atoms with Crippen LogP contribution in [-0.2, 0) is 4.74 Å². The largest absolute Gasteiger partial charge is 0.461 e. The normalized spacial score (nSPS) is 18.0. The van der Waals surface area contributed by atoms with Crippen LogP contribution in [0.1, 0.15) is 0 Å². The zero-order valence-electron chi connectivity index (χ0n) is 3.72. The summed E-state index contributed by atoms with van der Waals surface area (Å²) >= 11 is 0. The van der Waals surface area contributed by atoms with Crippen LogP contribution in [0.4, 0.5) is 0 Å². The molecular formula is C3H5N3O. The molecule has 38 valence electrons. The van der Waals surface area contributed by atoms with Gasteiger partial charge in [-0.3, -0.25) is 0 Å². The molecule has 0 aromatic heterocycles. The summed E-state index contributed by atoms with van der Waals surface area (Å²) in [6.07, 6.45) is 0. The third kappa shape index (κ3) is 0.734. The molecule has 1 heterocycles. The molecule has 0 radical (unpaired) electrons. The first kappa shape index (κ1) is 4.23. The molecular weight excluding hydrogens is 94.1 g/mol. The third-order valence-corrected chi connectivity index (χ3v) is 0.665. The van der Waals surface area contributed by atoms with Crippen LogP contribution in [0, 0.1) is 5.53 Å². The summed E-state index contributed by atoms with van der Waals surface area (Å²) in [4.78, 5) is 3.69. The van der Waals surface area contributed by atoms with Crippen LogP contribution >= 0.6 is 0 Å². The van der Waals surface area contributed by atoms with Crippen LogP contribution < -0.4 is 0 Å². The SMILES string of the molecule is N=NC1=NCCO1. The molecule has 1 rings (SSSR count). The molecule has 7 heavy (non-hydrogen) atoms. The topological polar surface area (TPSA) is 57.8 Å². The summed E-state index contributed by atoms with van der Waals surface area (Å²) in [6, 6.07) is 0.208. The summed E-state index contributed by atoms with van der Waals surface area (Å²) < 4.78 is 4.70. The fourth-order valence-corrected chi connectivity index (χ4v) is 0.391. The molecule has 0 aromatic carbocycles. The van der Waals surface area contributed by atoms with E-state index in [1.54, 1.807) is 0 Å². The molecule has 0 spiro atoms. The highest BCUT2D eigenvalue weighted by Crippen LogP contribution is 1.92. The van der Waals surface area contributed by atoms with Gasteiger partial charge in [0.25, 0.3) is 0 Å². The Balaban J connectivity index is 2.51. The predicted molar refractivity (Wildman–Crippen MR) is 23.4 cm³/mol. The Hall–Kier alpha value is -0.930. The Morgan fingerprint density at radius 1 is 1.86 bits per heavy atom. The first-order valence-corrected chi connectivity index (χ1v) is 1.98. The van der Waals surface area contributed by atoms with Crippen LogP contribution in [0.25, 0.3) is 0 Å². The van der Waals surface area contributed by atoms with E-state index in [0.717, 1.165) is 0 Å². The zero-order chi connectivity index (χ0) is 5.11. The van der Waals surface area contributed by atoms with Crippen molar-refractivity contribution < 1.29 is 4.74 Å². The van der Waals surface area contributed by atoms with E-state index in [4.69, 9.17) is 10.3 Å². The standard InChI is InChI=1S/C3H5N3O/c4-6-3-5-1-2-7-3/h4H,1-2H2. The van der Waals surface area contributed by atoms with Gasteiger partial charge in [-0.25, -0.2) is 4.99 Å². The molecule has 4 heteroatoms. The molecule has 0 aromatic rings. The molecule has 0 amide bonds. The number of hydrogen-bond donors (Lipinski definition) is 1. The maximum Gasteiger partial charge on any atom is 0.330 e. The molecule has 0 saturated heterocycles. The monoisotopic (exact) mass is 99.0 g/mol. The first-order valence-electron chi connectivity index (χ1n) is 1.98. The van der Waals surface area contributed by atoms with Gasteiger partial charge in [-0.05, 0) is 0 Å². The number of amidine groups is 1. The minimum Gasteiger partial charge on any atom is -0.461 e. The van der Waals surface area contributed by atoms with Gasteiger partial charge in [-0.15, -0.1) is 5.11 Å². The number of nitrogens with one attached hydrogen (secondary N) is 1. The van der Waals surface area contributed by atoms with Crippen molar-refractivity contribution >= 4 is 6.02 Å². The van der Waals surface area contributed by atoms with Crippen LogP contribution in [0.3, 0.4) is 0 Å². The second-order valence-electron chi connectivity index (χ2n) is 1.12. The van der Waals surface area contributed by atoms with Gasteiger partial charge in [0.1, 0.15) is 6.61 Å². The van der Waals surface area contributed by atoms with E-state index in [9.17, 15) is 0 Å². The van der Waals surface area contributed by atoms with E-state index < -0.39 is 0 Å². The van der Waals surface area contributed by atoms with Crippen LogP contribution in [0.5, 0.6) is 0 Å². The van der Waals surface area contributed by atoms with Crippen molar-refractivity contribution in [1.82, 2.24) is 0 Å². The van der Waals surface area contributed by atoms with Crippen molar-refractivity contribution in [1.29, 1.82) is 5.53 Å². The number of ether oxygens (including phenoxy) is 1. The summed E-state index contributed by atoms with van der Waals surface area (Å²) in [7, 11) is 0. The van der Waals surface area contributed by atoms with Crippen molar-refractivity contribution in [2.24, 2.45) is 10.1 Å². The van der Waals surface area contributed by atoms with Gasteiger partial charge in [0, 0.05) is 0 Å². The number of hydrogen-bond acceptors (Lipinski definition) is 4. The van der Waals surface area contributed by atoms with Gasteiger partial charge in [-0.2, -0.15) is 5.53 Å². The van der Waals surface area contributed by atoms with E-state index in [-0.39, 0.29) is 6.02 Å². The molecule has 0 saturated carbocycles. The lowest BCUT2D eigenvalue weighted by Crippen LogP contribution is -1.91. The van der Waals surface area contributed by atoms with Gasteiger partial charge in [-0.1, -0.05) is 0 Å².